The van der Waals surface area contributed by atoms with Gasteiger partial charge in [-0.15, -0.1) is 0 Å². The third-order valence-electron chi connectivity index (χ3n) is 3.16. The molecule has 3 aromatic rings. The monoisotopic (exact) mass is 271 g/mol. The Morgan fingerprint density at radius 2 is 2.10 bits per heavy atom. The Balaban J connectivity index is 2.07. The summed E-state index contributed by atoms with van der Waals surface area (Å²) in [6, 6.07) is 7.96. The molecule has 0 bridgehead atoms. The van der Waals surface area contributed by atoms with Gasteiger partial charge in [0.05, 0.1) is 5.69 Å². The zero-order valence-electron chi connectivity index (χ0n) is 11.2. The van der Waals surface area contributed by atoms with Gasteiger partial charge in [0.15, 0.2) is 0 Å². The molecule has 0 fully saturated rings. The average molecular weight is 271 g/mol. The van der Waals surface area contributed by atoms with Crippen LogP contribution in [0.2, 0.25) is 0 Å². The number of furan rings is 1. The molecule has 1 atom stereocenters. The van der Waals surface area contributed by atoms with E-state index in [0.29, 0.717) is 17.2 Å². The Morgan fingerprint density at radius 1 is 1.25 bits per heavy atom. The highest BCUT2D eigenvalue weighted by Crippen LogP contribution is 2.27. The molecule has 0 aliphatic carbocycles. The topological polar surface area (TPSA) is 51.0 Å². The number of aromatic nitrogens is 2. The third kappa shape index (κ3) is 2.28. The fourth-order valence-corrected chi connectivity index (χ4v) is 2.25. The van der Waals surface area contributed by atoms with Gasteiger partial charge in [0.25, 0.3) is 0 Å². The van der Waals surface area contributed by atoms with Crippen LogP contribution in [0.3, 0.4) is 0 Å². The van der Waals surface area contributed by atoms with Crippen LogP contribution in [0.15, 0.2) is 40.9 Å². The van der Waals surface area contributed by atoms with Crippen molar-refractivity contribution in [2.24, 2.45) is 0 Å². The van der Waals surface area contributed by atoms with Gasteiger partial charge >= 0.3 is 0 Å². The van der Waals surface area contributed by atoms with E-state index in [9.17, 15) is 4.39 Å². The molecule has 1 unspecified atom stereocenters. The normalized spacial score (nSPS) is 12.8. The van der Waals surface area contributed by atoms with Gasteiger partial charge in [-0.05, 0) is 44.3 Å². The number of hydrogen-bond acceptors (Lipinski definition) is 4. The summed E-state index contributed by atoms with van der Waals surface area (Å²) >= 11 is 0. The van der Waals surface area contributed by atoms with Crippen molar-refractivity contribution in [1.29, 1.82) is 0 Å². The SMILES string of the molecule is CNC(c1ccnc(C)n1)c1cc2cc(F)ccc2o1. The van der Waals surface area contributed by atoms with Crippen LogP contribution in [-0.2, 0) is 0 Å². The van der Waals surface area contributed by atoms with Crippen molar-refractivity contribution < 1.29 is 8.81 Å². The van der Waals surface area contributed by atoms with Crippen LogP contribution < -0.4 is 5.32 Å². The summed E-state index contributed by atoms with van der Waals surface area (Å²) in [6.07, 6.45) is 1.71. The van der Waals surface area contributed by atoms with Crippen molar-refractivity contribution in [3.05, 3.63) is 59.6 Å². The molecule has 20 heavy (non-hydrogen) atoms. The van der Waals surface area contributed by atoms with Gasteiger partial charge in [0, 0.05) is 11.6 Å². The maximum absolute atomic E-state index is 13.2. The number of aryl methyl sites for hydroxylation is 1. The van der Waals surface area contributed by atoms with E-state index in [4.69, 9.17) is 4.42 Å². The summed E-state index contributed by atoms with van der Waals surface area (Å²) in [5.74, 6) is 1.12. The summed E-state index contributed by atoms with van der Waals surface area (Å²) in [5.41, 5.74) is 1.48. The summed E-state index contributed by atoms with van der Waals surface area (Å²) in [6.45, 7) is 1.84. The Kier molecular flexibility index (Phi) is 3.20. The molecule has 0 spiro atoms. The zero-order valence-corrected chi connectivity index (χ0v) is 11.2. The fourth-order valence-electron chi connectivity index (χ4n) is 2.25. The maximum Gasteiger partial charge on any atom is 0.134 e. The van der Waals surface area contributed by atoms with Crippen molar-refractivity contribution in [3.8, 4) is 0 Å². The van der Waals surface area contributed by atoms with Crippen molar-refractivity contribution in [3.63, 3.8) is 0 Å². The molecule has 0 aliphatic heterocycles. The van der Waals surface area contributed by atoms with Gasteiger partial charge in [-0.3, -0.25) is 0 Å². The van der Waals surface area contributed by atoms with Crippen LogP contribution in [0.1, 0.15) is 23.3 Å². The molecular weight excluding hydrogens is 257 g/mol. The molecular formula is C15H14FN3O. The predicted molar refractivity (Wildman–Crippen MR) is 73.8 cm³/mol. The minimum atomic E-state index is -0.274. The van der Waals surface area contributed by atoms with E-state index < -0.39 is 0 Å². The molecule has 102 valence electrons. The molecule has 0 saturated carbocycles. The van der Waals surface area contributed by atoms with Crippen LogP contribution >= 0.6 is 0 Å². The lowest BCUT2D eigenvalue weighted by Crippen LogP contribution is -2.18. The van der Waals surface area contributed by atoms with E-state index in [0.717, 1.165) is 11.1 Å². The largest absolute Gasteiger partial charge is 0.459 e. The van der Waals surface area contributed by atoms with Crippen molar-refractivity contribution in [2.45, 2.75) is 13.0 Å². The highest BCUT2D eigenvalue weighted by atomic mass is 19.1. The standard InChI is InChI=1S/C15H14FN3O/c1-9-18-6-5-12(19-9)15(17-2)14-8-10-7-11(16)3-4-13(10)20-14/h3-8,15,17H,1-2H3. The van der Waals surface area contributed by atoms with E-state index in [-0.39, 0.29) is 11.9 Å². The van der Waals surface area contributed by atoms with Gasteiger partial charge in [-0.2, -0.15) is 0 Å². The van der Waals surface area contributed by atoms with Crippen LogP contribution in [0.25, 0.3) is 11.0 Å². The second-order valence-corrected chi connectivity index (χ2v) is 4.58. The molecule has 0 radical (unpaired) electrons. The van der Waals surface area contributed by atoms with E-state index in [2.05, 4.69) is 15.3 Å². The summed E-state index contributed by atoms with van der Waals surface area (Å²) in [7, 11) is 1.83. The van der Waals surface area contributed by atoms with E-state index in [1.807, 2.05) is 26.1 Å². The number of hydrogen-bond donors (Lipinski definition) is 1. The molecule has 3 rings (SSSR count). The fraction of sp³-hybridized carbons (Fsp3) is 0.200. The molecule has 0 saturated heterocycles. The van der Waals surface area contributed by atoms with Crippen LogP contribution in [-0.4, -0.2) is 17.0 Å². The van der Waals surface area contributed by atoms with Gasteiger partial charge < -0.3 is 9.73 Å². The summed E-state index contributed by atoms with van der Waals surface area (Å²) in [5, 5.41) is 3.90. The van der Waals surface area contributed by atoms with Gasteiger partial charge in [-0.25, -0.2) is 14.4 Å². The minimum absolute atomic E-state index is 0.188. The van der Waals surface area contributed by atoms with Crippen LogP contribution in [0.4, 0.5) is 4.39 Å². The summed E-state index contributed by atoms with van der Waals surface area (Å²) in [4.78, 5) is 8.49. The van der Waals surface area contributed by atoms with Crippen LogP contribution in [0, 0.1) is 12.7 Å². The second-order valence-electron chi connectivity index (χ2n) is 4.58. The first-order valence-electron chi connectivity index (χ1n) is 6.33. The predicted octanol–water partition coefficient (Wildman–Crippen LogP) is 2.98. The molecule has 0 amide bonds. The third-order valence-corrected chi connectivity index (χ3v) is 3.16. The molecule has 2 aromatic heterocycles. The number of fused-ring (bicyclic) bond motifs is 1. The molecule has 0 aliphatic rings. The highest BCUT2D eigenvalue weighted by Gasteiger charge is 2.18. The lowest BCUT2D eigenvalue weighted by molar-refractivity contribution is 0.484. The number of nitrogens with zero attached hydrogens (tertiary/aromatic N) is 2. The van der Waals surface area contributed by atoms with Crippen molar-refractivity contribution in [1.82, 2.24) is 15.3 Å². The average Bonchev–Trinajstić information content (AvgIpc) is 2.82. The Bertz CT molecular complexity index is 754. The molecule has 1 aromatic carbocycles. The number of nitrogens with one attached hydrogen (secondary N) is 1. The maximum atomic E-state index is 13.2. The smallest absolute Gasteiger partial charge is 0.134 e. The second kappa shape index (κ2) is 5.02. The van der Waals surface area contributed by atoms with Gasteiger partial charge in [-0.1, -0.05) is 0 Å². The van der Waals surface area contributed by atoms with Gasteiger partial charge in [0.2, 0.25) is 0 Å². The minimum Gasteiger partial charge on any atom is -0.459 e. The molecule has 1 N–H and O–H groups in total. The molecule has 5 heteroatoms. The number of benzene rings is 1. The Hall–Kier alpha value is -2.27. The quantitative estimate of drug-likeness (QED) is 0.795. The first kappa shape index (κ1) is 12.7. The lowest BCUT2D eigenvalue weighted by Gasteiger charge is -2.12. The zero-order chi connectivity index (χ0) is 14.1. The Labute approximate surface area is 115 Å². The van der Waals surface area contributed by atoms with Crippen LogP contribution in [0.5, 0.6) is 0 Å². The van der Waals surface area contributed by atoms with E-state index >= 15 is 0 Å². The van der Waals surface area contributed by atoms with E-state index in [1.165, 1.54) is 12.1 Å². The first-order valence-corrected chi connectivity index (χ1v) is 6.33. The van der Waals surface area contributed by atoms with E-state index in [1.54, 1.807) is 12.3 Å². The van der Waals surface area contributed by atoms with Crippen molar-refractivity contribution >= 4 is 11.0 Å². The summed E-state index contributed by atoms with van der Waals surface area (Å²) < 4.78 is 19.0. The highest BCUT2D eigenvalue weighted by molar-refractivity contribution is 5.78. The number of halogens is 1. The number of rotatable bonds is 3. The first-order chi connectivity index (χ1) is 9.67. The van der Waals surface area contributed by atoms with Gasteiger partial charge in [0.1, 0.15) is 29.0 Å². The lowest BCUT2D eigenvalue weighted by atomic mass is 10.1. The van der Waals surface area contributed by atoms with Crippen molar-refractivity contribution in [2.75, 3.05) is 7.05 Å². The Morgan fingerprint density at radius 3 is 2.85 bits per heavy atom. The molecule has 4 nitrogen and oxygen atoms in total. The molecule has 2 heterocycles.